The number of nitrogens with zero attached hydrogens (tertiary/aromatic N) is 1. The minimum atomic E-state index is -0.355. The lowest BCUT2D eigenvalue weighted by Crippen LogP contribution is -2.50. The minimum Gasteiger partial charge on any atom is -0.393 e. The first-order valence-electron chi connectivity index (χ1n) is 7.02. The van der Waals surface area contributed by atoms with E-state index in [4.69, 9.17) is 0 Å². The van der Waals surface area contributed by atoms with Crippen LogP contribution in [0.3, 0.4) is 0 Å². The van der Waals surface area contributed by atoms with Crippen molar-refractivity contribution in [3.05, 3.63) is 0 Å². The van der Waals surface area contributed by atoms with Crippen LogP contribution >= 0.6 is 0 Å². The van der Waals surface area contributed by atoms with Gasteiger partial charge in [0.05, 0.1) is 6.10 Å². The summed E-state index contributed by atoms with van der Waals surface area (Å²) in [4.78, 5) is 13.7. The number of urea groups is 1. The summed E-state index contributed by atoms with van der Waals surface area (Å²) in [6.45, 7) is 6.80. The Bertz CT molecular complexity index is 277. The standard InChI is InChI=1S/C14H28N2O2/c1-11(17)8-10-16(4)13(18)15-12-7-5-6-9-14(12,2)3/h11-12,17H,5-10H2,1-4H3,(H,15,18). The molecule has 0 bridgehead atoms. The molecule has 0 aromatic carbocycles. The molecule has 2 N–H and O–H groups in total. The molecular formula is C14H28N2O2. The number of carbonyl (C=O) groups excluding carboxylic acids is 1. The summed E-state index contributed by atoms with van der Waals surface area (Å²) >= 11 is 0. The molecule has 0 aromatic heterocycles. The zero-order chi connectivity index (χ0) is 13.8. The zero-order valence-electron chi connectivity index (χ0n) is 12.2. The van der Waals surface area contributed by atoms with Gasteiger partial charge in [0.25, 0.3) is 0 Å². The van der Waals surface area contributed by atoms with Crippen LogP contribution in [0.2, 0.25) is 0 Å². The molecule has 4 heteroatoms. The predicted octanol–water partition coefficient (Wildman–Crippen LogP) is 2.37. The molecule has 0 spiro atoms. The molecule has 0 radical (unpaired) electrons. The van der Waals surface area contributed by atoms with Crippen molar-refractivity contribution in [3.63, 3.8) is 0 Å². The summed E-state index contributed by atoms with van der Waals surface area (Å²) in [6.07, 6.45) is 4.98. The van der Waals surface area contributed by atoms with Crippen LogP contribution in [-0.2, 0) is 0 Å². The van der Waals surface area contributed by atoms with Crippen molar-refractivity contribution in [2.45, 2.75) is 65.0 Å². The van der Waals surface area contributed by atoms with Crippen LogP contribution < -0.4 is 5.32 Å². The minimum absolute atomic E-state index is 0.0179. The van der Waals surface area contributed by atoms with Gasteiger partial charge in [-0.1, -0.05) is 26.7 Å². The molecule has 106 valence electrons. The zero-order valence-corrected chi connectivity index (χ0v) is 12.2. The highest BCUT2D eigenvalue weighted by atomic mass is 16.3. The van der Waals surface area contributed by atoms with E-state index in [2.05, 4.69) is 19.2 Å². The molecule has 4 nitrogen and oxygen atoms in total. The number of hydrogen-bond acceptors (Lipinski definition) is 2. The fourth-order valence-electron chi connectivity index (χ4n) is 2.50. The third-order valence-corrected chi connectivity index (χ3v) is 4.03. The number of rotatable bonds is 4. The van der Waals surface area contributed by atoms with Crippen molar-refractivity contribution in [1.82, 2.24) is 10.2 Å². The van der Waals surface area contributed by atoms with E-state index in [0.29, 0.717) is 13.0 Å². The van der Waals surface area contributed by atoms with Crippen LogP contribution in [0.4, 0.5) is 4.79 Å². The molecule has 0 heterocycles. The lowest BCUT2D eigenvalue weighted by Gasteiger charge is -2.39. The fraction of sp³-hybridized carbons (Fsp3) is 0.929. The second kappa shape index (κ2) is 6.41. The molecule has 1 rings (SSSR count). The van der Waals surface area contributed by atoms with Gasteiger partial charge >= 0.3 is 6.03 Å². The lowest BCUT2D eigenvalue weighted by atomic mass is 9.73. The van der Waals surface area contributed by atoms with Gasteiger partial charge in [0.15, 0.2) is 0 Å². The number of amides is 2. The Hall–Kier alpha value is -0.770. The molecule has 0 aliphatic heterocycles. The van der Waals surface area contributed by atoms with Gasteiger partial charge in [-0.2, -0.15) is 0 Å². The first kappa shape index (κ1) is 15.3. The number of nitrogens with one attached hydrogen (secondary N) is 1. The van der Waals surface area contributed by atoms with Crippen molar-refractivity contribution >= 4 is 6.03 Å². The summed E-state index contributed by atoms with van der Waals surface area (Å²) in [6, 6.07) is 0.253. The lowest BCUT2D eigenvalue weighted by molar-refractivity contribution is 0.142. The predicted molar refractivity (Wildman–Crippen MR) is 73.5 cm³/mol. The maximum Gasteiger partial charge on any atom is 0.317 e. The highest BCUT2D eigenvalue weighted by molar-refractivity contribution is 5.74. The molecule has 1 saturated carbocycles. The van der Waals surface area contributed by atoms with Crippen LogP contribution in [-0.4, -0.2) is 41.8 Å². The number of carbonyl (C=O) groups is 1. The maximum absolute atomic E-state index is 12.0. The normalized spacial score (nSPS) is 24.4. The molecule has 1 aliphatic rings. The van der Waals surface area contributed by atoms with Gasteiger partial charge in [0.1, 0.15) is 0 Å². The Morgan fingerprint density at radius 3 is 2.72 bits per heavy atom. The van der Waals surface area contributed by atoms with Crippen molar-refractivity contribution in [2.24, 2.45) is 5.41 Å². The topological polar surface area (TPSA) is 52.6 Å². The van der Waals surface area contributed by atoms with E-state index in [1.54, 1.807) is 18.9 Å². The summed E-state index contributed by atoms with van der Waals surface area (Å²) < 4.78 is 0. The van der Waals surface area contributed by atoms with Gasteiger partial charge in [-0.05, 0) is 31.6 Å². The van der Waals surface area contributed by atoms with Crippen molar-refractivity contribution < 1.29 is 9.90 Å². The van der Waals surface area contributed by atoms with Gasteiger partial charge in [0.2, 0.25) is 0 Å². The van der Waals surface area contributed by atoms with Crippen molar-refractivity contribution in [3.8, 4) is 0 Å². The van der Waals surface area contributed by atoms with Crippen molar-refractivity contribution in [2.75, 3.05) is 13.6 Å². The van der Waals surface area contributed by atoms with E-state index in [1.807, 2.05) is 0 Å². The Morgan fingerprint density at radius 2 is 2.17 bits per heavy atom. The van der Waals surface area contributed by atoms with E-state index in [1.165, 1.54) is 19.3 Å². The van der Waals surface area contributed by atoms with Gasteiger partial charge < -0.3 is 15.3 Å². The van der Waals surface area contributed by atoms with Gasteiger partial charge in [0, 0.05) is 19.6 Å². The molecule has 1 fully saturated rings. The summed E-state index contributed by atoms with van der Waals surface area (Å²) in [7, 11) is 1.79. The van der Waals surface area contributed by atoms with Crippen LogP contribution in [0.5, 0.6) is 0 Å². The molecule has 2 atom stereocenters. The van der Waals surface area contributed by atoms with Gasteiger partial charge in [-0.15, -0.1) is 0 Å². The third-order valence-electron chi connectivity index (χ3n) is 4.03. The third kappa shape index (κ3) is 4.48. The molecule has 18 heavy (non-hydrogen) atoms. The quantitative estimate of drug-likeness (QED) is 0.811. The summed E-state index contributed by atoms with van der Waals surface area (Å²) in [5.41, 5.74) is 0.193. The largest absolute Gasteiger partial charge is 0.393 e. The second-order valence-corrected chi connectivity index (χ2v) is 6.30. The average Bonchev–Trinajstić information content (AvgIpc) is 2.28. The highest BCUT2D eigenvalue weighted by Crippen LogP contribution is 2.35. The molecular weight excluding hydrogens is 228 g/mol. The smallest absolute Gasteiger partial charge is 0.317 e. The summed E-state index contributed by atoms with van der Waals surface area (Å²) in [5.74, 6) is 0. The SMILES string of the molecule is CC(O)CCN(C)C(=O)NC1CCCCC1(C)C. The van der Waals surface area contributed by atoms with Crippen LogP contribution in [0, 0.1) is 5.41 Å². The Morgan fingerprint density at radius 1 is 1.50 bits per heavy atom. The number of aliphatic hydroxyl groups excluding tert-OH is 1. The van der Waals surface area contributed by atoms with Crippen LogP contribution in [0.15, 0.2) is 0 Å². The van der Waals surface area contributed by atoms with Crippen LogP contribution in [0.1, 0.15) is 52.9 Å². The van der Waals surface area contributed by atoms with E-state index in [-0.39, 0.29) is 23.6 Å². The number of aliphatic hydroxyl groups is 1. The Labute approximate surface area is 111 Å². The van der Waals surface area contributed by atoms with E-state index in [9.17, 15) is 9.90 Å². The highest BCUT2D eigenvalue weighted by Gasteiger charge is 2.33. The molecule has 2 amide bonds. The van der Waals surface area contributed by atoms with Crippen LogP contribution in [0.25, 0.3) is 0 Å². The van der Waals surface area contributed by atoms with E-state index in [0.717, 1.165) is 6.42 Å². The van der Waals surface area contributed by atoms with Gasteiger partial charge in [-0.25, -0.2) is 4.79 Å². The maximum atomic E-state index is 12.0. The monoisotopic (exact) mass is 256 g/mol. The average molecular weight is 256 g/mol. The van der Waals surface area contributed by atoms with E-state index < -0.39 is 0 Å². The molecule has 1 aliphatic carbocycles. The summed E-state index contributed by atoms with van der Waals surface area (Å²) in [5, 5.41) is 12.4. The Balaban J connectivity index is 2.43. The van der Waals surface area contributed by atoms with Crippen molar-refractivity contribution in [1.29, 1.82) is 0 Å². The van der Waals surface area contributed by atoms with E-state index >= 15 is 0 Å². The molecule has 0 aromatic rings. The Kier molecular flexibility index (Phi) is 5.45. The fourth-order valence-corrected chi connectivity index (χ4v) is 2.50. The first-order valence-corrected chi connectivity index (χ1v) is 7.02. The number of hydrogen-bond donors (Lipinski definition) is 2. The molecule has 0 saturated heterocycles. The molecule has 2 unspecified atom stereocenters. The van der Waals surface area contributed by atoms with Gasteiger partial charge in [-0.3, -0.25) is 0 Å². The first-order chi connectivity index (χ1) is 8.33. The second-order valence-electron chi connectivity index (χ2n) is 6.30.